The van der Waals surface area contributed by atoms with Crippen molar-refractivity contribution < 1.29 is 22.3 Å². The molecule has 0 heterocycles. The predicted molar refractivity (Wildman–Crippen MR) is 77.6 cm³/mol. The van der Waals surface area contributed by atoms with Crippen molar-refractivity contribution in [3.05, 3.63) is 23.5 Å². The van der Waals surface area contributed by atoms with Crippen LogP contribution in [0.2, 0.25) is 0 Å². The molecule has 0 bridgehead atoms. The van der Waals surface area contributed by atoms with Gasteiger partial charge in [0.05, 0.1) is 12.4 Å². The molecule has 0 aliphatic heterocycles. The van der Waals surface area contributed by atoms with Gasteiger partial charge in [-0.15, -0.1) is 11.8 Å². The van der Waals surface area contributed by atoms with Gasteiger partial charge in [0, 0.05) is 4.90 Å². The van der Waals surface area contributed by atoms with Crippen LogP contribution in [0, 0.1) is 12.7 Å². The molecule has 1 nitrogen and oxygen atoms in total. The maximum Gasteiger partial charge on any atom is 0.398 e. The maximum absolute atomic E-state index is 13.7. The van der Waals surface area contributed by atoms with Gasteiger partial charge >= 0.3 is 6.18 Å². The first-order valence-corrected chi connectivity index (χ1v) is 7.94. The van der Waals surface area contributed by atoms with Gasteiger partial charge < -0.3 is 4.74 Å². The van der Waals surface area contributed by atoms with E-state index >= 15 is 0 Å². The van der Waals surface area contributed by atoms with Crippen molar-refractivity contribution in [2.75, 3.05) is 12.4 Å². The summed E-state index contributed by atoms with van der Waals surface area (Å²) >= 11 is 0.653. The maximum atomic E-state index is 13.7. The van der Waals surface area contributed by atoms with E-state index in [4.69, 9.17) is 4.74 Å². The molecule has 1 aromatic carbocycles. The number of thioether (sulfide) groups is 1. The Morgan fingerprint density at radius 2 is 1.86 bits per heavy atom. The average molecular weight is 324 g/mol. The second-order valence-corrected chi connectivity index (χ2v) is 5.88. The van der Waals surface area contributed by atoms with Crippen LogP contribution in [-0.4, -0.2) is 18.5 Å². The zero-order valence-corrected chi connectivity index (χ0v) is 13.0. The molecule has 120 valence electrons. The SMILES string of the molecule is CCCCCCOc1cc(SCC(F)(F)F)c(C)cc1F. The van der Waals surface area contributed by atoms with Gasteiger partial charge in [0.1, 0.15) is 0 Å². The average Bonchev–Trinajstić information content (AvgIpc) is 2.38. The Morgan fingerprint density at radius 1 is 1.14 bits per heavy atom. The number of rotatable bonds is 8. The summed E-state index contributed by atoms with van der Waals surface area (Å²) in [4.78, 5) is 0.400. The van der Waals surface area contributed by atoms with Crippen molar-refractivity contribution in [3.8, 4) is 5.75 Å². The Bertz CT molecular complexity index is 446. The minimum Gasteiger partial charge on any atom is -0.490 e. The number of unbranched alkanes of at least 4 members (excludes halogenated alkanes) is 3. The van der Waals surface area contributed by atoms with Crippen molar-refractivity contribution in [1.29, 1.82) is 0 Å². The molecule has 0 spiro atoms. The van der Waals surface area contributed by atoms with Crippen LogP contribution < -0.4 is 4.74 Å². The number of alkyl halides is 3. The Kier molecular flexibility index (Phi) is 7.35. The van der Waals surface area contributed by atoms with Crippen molar-refractivity contribution in [2.45, 2.75) is 50.6 Å². The first-order valence-electron chi connectivity index (χ1n) is 6.96. The van der Waals surface area contributed by atoms with E-state index in [1.54, 1.807) is 6.92 Å². The Labute approximate surface area is 127 Å². The first kappa shape index (κ1) is 18.1. The quantitative estimate of drug-likeness (QED) is 0.342. The van der Waals surface area contributed by atoms with Crippen LogP contribution in [0.5, 0.6) is 5.75 Å². The molecular weight excluding hydrogens is 304 g/mol. The number of aryl methyl sites for hydroxylation is 1. The number of halogens is 4. The van der Waals surface area contributed by atoms with E-state index in [0.29, 0.717) is 28.8 Å². The zero-order chi connectivity index (χ0) is 15.9. The summed E-state index contributed by atoms with van der Waals surface area (Å²) in [6, 6.07) is 2.58. The summed E-state index contributed by atoms with van der Waals surface area (Å²) in [6.07, 6.45) is -0.248. The van der Waals surface area contributed by atoms with E-state index in [-0.39, 0.29) is 5.75 Å². The minimum atomic E-state index is -4.24. The summed E-state index contributed by atoms with van der Waals surface area (Å²) < 4.78 is 55.8. The molecule has 21 heavy (non-hydrogen) atoms. The number of ether oxygens (including phenoxy) is 1. The minimum absolute atomic E-state index is 0.0294. The lowest BCUT2D eigenvalue weighted by Gasteiger charge is -2.12. The fourth-order valence-corrected chi connectivity index (χ4v) is 2.57. The smallest absolute Gasteiger partial charge is 0.398 e. The lowest BCUT2D eigenvalue weighted by atomic mass is 10.2. The van der Waals surface area contributed by atoms with Crippen molar-refractivity contribution >= 4 is 11.8 Å². The largest absolute Gasteiger partial charge is 0.490 e. The molecule has 1 rings (SSSR count). The van der Waals surface area contributed by atoms with Crippen LogP contribution in [0.1, 0.15) is 38.2 Å². The molecule has 0 amide bonds. The van der Waals surface area contributed by atoms with Crippen molar-refractivity contribution in [1.82, 2.24) is 0 Å². The topological polar surface area (TPSA) is 9.23 Å². The molecule has 0 aliphatic carbocycles. The van der Waals surface area contributed by atoms with Gasteiger partial charge in [-0.2, -0.15) is 13.2 Å². The molecule has 6 heteroatoms. The molecule has 0 radical (unpaired) electrons. The number of benzene rings is 1. The Balaban J connectivity index is 2.63. The number of hydrogen-bond acceptors (Lipinski definition) is 2. The van der Waals surface area contributed by atoms with Crippen LogP contribution in [0.25, 0.3) is 0 Å². The van der Waals surface area contributed by atoms with Crippen LogP contribution in [0.3, 0.4) is 0 Å². The summed E-state index contributed by atoms with van der Waals surface area (Å²) in [6.45, 7) is 4.06. The highest BCUT2D eigenvalue weighted by atomic mass is 32.2. The first-order chi connectivity index (χ1) is 9.83. The van der Waals surface area contributed by atoms with Crippen molar-refractivity contribution in [2.24, 2.45) is 0 Å². The molecule has 0 saturated heterocycles. The molecule has 0 fully saturated rings. The standard InChI is InChI=1S/C15H20F4OS/c1-3-4-5-6-7-20-13-9-14(11(2)8-12(13)16)21-10-15(17,18)19/h8-9H,3-7,10H2,1-2H3. The highest BCUT2D eigenvalue weighted by molar-refractivity contribution is 7.99. The predicted octanol–water partition coefficient (Wildman–Crippen LogP) is 5.75. The summed E-state index contributed by atoms with van der Waals surface area (Å²) in [5, 5.41) is 0. The molecule has 0 atom stereocenters. The van der Waals surface area contributed by atoms with Crippen LogP contribution >= 0.6 is 11.8 Å². The Hall–Kier alpha value is -0.910. The van der Waals surface area contributed by atoms with Crippen LogP contribution in [0.15, 0.2) is 17.0 Å². The normalized spacial score (nSPS) is 11.7. The third-order valence-corrected chi connectivity index (χ3v) is 4.10. The second kappa shape index (κ2) is 8.51. The molecule has 0 saturated carbocycles. The lowest BCUT2D eigenvalue weighted by Crippen LogP contribution is -2.10. The third-order valence-electron chi connectivity index (χ3n) is 2.88. The van der Waals surface area contributed by atoms with E-state index in [1.807, 2.05) is 0 Å². The zero-order valence-electron chi connectivity index (χ0n) is 12.2. The van der Waals surface area contributed by atoms with Gasteiger partial charge in [-0.05, 0) is 31.0 Å². The van der Waals surface area contributed by atoms with Crippen LogP contribution in [-0.2, 0) is 0 Å². The molecule has 1 aromatic rings. The van der Waals surface area contributed by atoms with E-state index < -0.39 is 17.7 Å². The molecule has 0 aliphatic rings. The van der Waals surface area contributed by atoms with Gasteiger partial charge in [-0.3, -0.25) is 0 Å². The van der Waals surface area contributed by atoms with Gasteiger partial charge in [-0.1, -0.05) is 26.2 Å². The van der Waals surface area contributed by atoms with E-state index in [1.165, 1.54) is 12.1 Å². The van der Waals surface area contributed by atoms with E-state index in [0.717, 1.165) is 25.7 Å². The second-order valence-electron chi connectivity index (χ2n) is 4.86. The lowest BCUT2D eigenvalue weighted by molar-refractivity contribution is -0.105. The third kappa shape index (κ3) is 7.07. The molecule has 0 unspecified atom stereocenters. The highest BCUT2D eigenvalue weighted by Gasteiger charge is 2.27. The monoisotopic (exact) mass is 324 g/mol. The summed E-state index contributed by atoms with van der Waals surface area (Å²) in [7, 11) is 0. The summed E-state index contributed by atoms with van der Waals surface area (Å²) in [5.41, 5.74) is 0.486. The van der Waals surface area contributed by atoms with Crippen molar-refractivity contribution in [3.63, 3.8) is 0 Å². The van der Waals surface area contributed by atoms with E-state index in [9.17, 15) is 17.6 Å². The van der Waals surface area contributed by atoms with Gasteiger partial charge in [0.15, 0.2) is 11.6 Å². The van der Waals surface area contributed by atoms with E-state index in [2.05, 4.69) is 6.92 Å². The summed E-state index contributed by atoms with van der Waals surface area (Å²) in [5.74, 6) is -1.49. The fourth-order valence-electron chi connectivity index (χ4n) is 1.77. The van der Waals surface area contributed by atoms with Gasteiger partial charge in [0.25, 0.3) is 0 Å². The molecular formula is C15H20F4OS. The molecule has 0 aromatic heterocycles. The van der Waals surface area contributed by atoms with Gasteiger partial charge in [0.2, 0.25) is 0 Å². The molecule has 0 N–H and O–H groups in total. The van der Waals surface area contributed by atoms with Gasteiger partial charge in [-0.25, -0.2) is 4.39 Å². The Morgan fingerprint density at radius 3 is 2.48 bits per heavy atom. The highest BCUT2D eigenvalue weighted by Crippen LogP contribution is 2.33. The van der Waals surface area contributed by atoms with Crippen LogP contribution in [0.4, 0.5) is 17.6 Å². The number of hydrogen-bond donors (Lipinski definition) is 0. The fraction of sp³-hybridized carbons (Fsp3) is 0.600.